The standard InChI is InChI=1S/C12H17ClN2O3/c1-9-7-11(16)10(8-14-9)12(17)15(4-3-13)5-6-18-2/h7-8H,3-6H2,1-2H3,(H,14,16). The van der Waals surface area contributed by atoms with E-state index in [1.807, 2.05) is 0 Å². The molecule has 0 spiro atoms. The lowest BCUT2D eigenvalue weighted by molar-refractivity contribution is 0.0706. The van der Waals surface area contributed by atoms with Crippen molar-refractivity contribution in [2.24, 2.45) is 0 Å². The van der Waals surface area contributed by atoms with E-state index >= 15 is 0 Å². The fourth-order valence-corrected chi connectivity index (χ4v) is 1.73. The zero-order chi connectivity index (χ0) is 13.5. The number of aromatic amines is 1. The second-order valence-electron chi connectivity index (χ2n) is 3.87. The largest absolute Gasteiger partial charge is 0.383 e. The molecule has 1 amide bonds. The van der Waals surface area contributed by atoms with Crippen molar-refractivity contribution in [2.45, 2.75) is 6.92 Å². The number of ether oxygens (including phenoxy) is 1. The molecule has 1 aromatic rings. The minimum Gasteiger partial charge on any atom is -0.383 e. The first-order chi connectivity index (χ1) is 8.60. The second kappa shape index (κ2) is 7.18. The molecule has 0 unspecified atom stereocenters. The Balaban J connectivity index is 2.90. The van der Waals surface area contributed by atoms with Crippen LogP contribution in [-0.2, 0) is 4.74 Å². The fourth-order valence-electron chi connectivity index (χ4n) is 1.53. The number of pyridine rings is 1. The summed E-state index contributed by atoms with van der Waals surface area (Å²) in [5, 5.41) is 0. The van der Waals surface area contributed by atoms with E-state index in [-0.39, 0.29) is 16.9 Å². The molecule has 0 bridgehead atoms. The number of aryl methyl sites for hydroxylation is 1. The molecule has 100 valence electrons. The molecular formula is C12H17ClN2O3. The highest BCUT2D eigenvalue weighted by molar-refractivity contribution is 6.18. The number of amides is 1. The van der Waals surface area contributed by atoms with Gasteiger partial charge in [0.05, 0.1) is 6.61 Å². The van der Waals surface area contributed by atoms with Gasteiger partial charge in [0.2, 0.25) is 0 Å². The summed E-state index contributed by atoms with van der Waals surface area (Å²) in [7, 11) is 1.56. The third-order valence-electron chi connectivity index (χ3n) is 2.49. The van der Waals surface area contributed by atoms with Crippen LogP contribution < -0.4 is 5.43 Å². The van der Waals surface area contributed by atoms with Crippen LogP contribution in [0.3, 0.4) is 0 Å². The number of aromatic nitrogens is 1. The van der Waals surface area contributed by atoms with Crippen LogP contribution in [0.15, 0.2) is 17.1 Å². The maximum Gasteiger partial charge on any atom is 0.259 e. The summed E-state index contributed by atoms with van der Waals surface area (Å²) < 4.78 is 4.93. The molecule has 0 aliphatic heterocycles. The number of H-pyrrole nitrogens is 1. The van der Waals surface area contributed by atoms with Crippen molar-refractivity contribution in [3.8, 4) is 0 Å². The van der Waals surface area contributed by atoms with Crippen LogP contribution in [-0.4, -0.2) is 48.5 Å². The summed E-state index contributed by atoms with van der Waals surface area (Å²) in [6.07, 6.45) is 1.44. The zero-order valence-electron chi connectivity index (χ0n) is 10.5. The molecule has 0 fully saturated rings. The van der Waals surface area contributed by atoms with Gasteiger partial charge in [-0.05, 0) is 6.92 Å². The number of nitrogens with one attached hydrogen (secondary N) is 1. The molecule has 0 atom stereocenters. The Morgan fingerprint density at radius 2 is 2.22 bits per heavy atom. The number of rotatable bonds is 6. The number of hydrogen-bond donors (Lipinski definition) is 1. The van der Waals surface area contributed by atoms with E-state index in [1.54, 1.807) is 14.0 Å². The number of hydrogen-bond acceptors (Lipinski definition) is 3. The molecular weight excluding hydrogens is 256 g/mol. The van der Waals surface area contributed by atoms with Crippen molar-refractivity contribution in [1.29, 1.82) is 0 Å². The summed E-state index contributed by atoms with van der Waals surface area (Å²) in [6, 6.07) is 1.41. The molecule has 1 N–H and O–H groups in total. The Morgan fingerprint density at radius 1 is 1.50 bits per heavy atom. The van der Waals surface area contributed by atoms with E-state index in [0.717, 1.165) is 5.69 Å². The highest BCUT2D eigenvalue weighted by Crippen LogP contribution is 2.01. The van der Waals surface area contributed by atoms with Crippen LogP contribution >= 0.6 is 11.6 Å². The molecule has 1 rings (SSSR count). The SMILES string of the molecule is COCCN(CCCl)C(=O)c1c[nH]c(C)cc1=O. The topological polar surface area (TPSA) is 62.4 Å². The first kappa shape index (κ1) is 14.7. The molecule has 1 heterocycles. The van der Waals surface area contributed by atoms with Gasteiger partial charge in [-0.25, -0.2) is 0 Å². The lowest BCUT2D eigenvalue weighted by atomic mass is 10.2. The summed E-state index contributed by atoms with van der Waals surface area (Å²) in [5.41, 5.74) is 0.562. The predicted octanol–water partition coefficient (Wildman–Crippen LogP) is 1.01. The number of methoxy groups -OCH3 is 1. The van der Waals surface area contributed by atoms with Gasteiger partial charge in [0.25, 0.3) is 5.91 Å². The lowest BCUT2D eigenvalue weighted by Crippen LogP contribution is -2.37. The molecule has 5 nitrogen and oxygen atoms in total. The third kappa shape index (κ3) is 3.85. The Morgan fingerprint density at radius 3 is 2.78 bits per heavy atom. The maximum absolute atomic E-state index is 12.2. The molecule has 0 radical (unpaired) electrons. The number of halogens is 1. The molecule has 6 heteroatoms. The van der Waals surface area contributed by atoms with Gasteiger partial charge < -0.3 is 14.6 Å². The average Bonchev–Trinajstić information content (AvgIpc) is 2.33. The van der Waals surface area contributed by atoms with Crippen molar-refractivity contribution in [3.63, 3.8) is 0 Å². The molecule has 0 aliphatic carbocycles. The monoisotopic (exact) mass is 272 g/mol. The van der Waals surface area contributed by atoms with Gasteiger partial charge in [0, 0.05) is 44.0 Å². The van der Waals surface area contributed by atoms with Crippen LogP contribution in [0, 0.1) is 6.92 Å². The van der Waals surface area contributed by atoms with E-state index < -0.39 is 0 Å². The predicted molar refractivity (Wildman–Crippen MR) is 70.3 cm³/mol. The Labute approximate surface area is 111 Å². The molecule has 1 aromatic heterocycles. The lowest BCUT2D eigenvalue weighted by Gasteiger charge is -2.20. The Hall–Kier alpha value is -1.33. The van der Waals surface area contributed by atoms with E-state index in [2.05, 4.69) is 4.98 Å². The van der Waals surface area contributed by atoms with E-state index in [1.165, 1.54) is 17.2 Å². The van der Waals surface area contributed by atoms with Crippen LogP contribution in [0.1, 0.15) is 16.1 Å². The average molecular weight is 273 g/mol. The Bertz CT molecular complexity index is 459. The summed E-state index contributed by atoms with van der Waals surface area (Å²) >= 11 is 5.65. The normalized spacial score (nSPS) is 10.4. The van der Waals surface area contributed by atoms with Crippen molar-refractivity contribution >= 4 is 17.5 Å². The molecule has 0 saturated carbocycles. The molecule has 18 heavy (non-hydrogen) atoms. The third-order valence-corrected chi connectivity index (χ3v) is 2.66. The van der Waals surface area contributed by atoms with Gasteiger partial charge in [-0.15, -0.1) is 11.6 Å². The molecule has 0 aliphatic rings. The number of carbonyl (C=O) groups is 1. The first-order valence-electron chi connectivity index (χ1n) is 5.63. The molecule has 0 saturated heterocycles. The van der Waals surface area contributed by atoms with Crippen LogP contribution in [0.25, 0.3) is 0 Å². The van der Waals surface area contributed by atoms with Crippen LogP contribution in [0.5, 0.6) is 0 Å². The number of alkyl halides is 1. The minimum atomic E-state index is -0.325. The number of carbonyl (C=O) groups excluding carboxylic acids is 1. The van der Waals surface area contributed by atoms with E-state index in [0.29, 0.717) is 25.6 Å². The van der Waals surface area contributed by atoms with Crippen molar-refractivity contribution in [1.82, 2.24) is 9.88 Å². The minimum absolute atomic E-state index is 0.127. The van der Waals surface area contributed by atoms with E-state index in [9.17, 15) is 9.59 Å². The number of nitrogens with zero attached hydrogens (tertiary/aromatic N) is 1. The highest BCUT2D eigenvalue weighted by Gasteiger charge is 2.17. The Kier molecular flexibility index (Phi) is 5.88. The van der Waals surface area contributed by atoms with Crippen molar-refractivity contribution in [2.75, 3.05) is 32.7 Å². The van der Waals surface area contributed by atoms with Gasteiger partial charge in [0.1, 0.15) is 5.56 Å². The van der Waals surface area contributed by atoms with Gasteiger partial charge in [-0.3, -0.25) is 9.59 Å². The molecule has 0 aromatic carbocycles. The fraction of sp³-hybridized carbons (Fsp3) is 0.500. The van der Waals surface area contributed by atoms with Crippen LogP contribution in [0.2, 0.25) is 0 Å². The van der Waals surface area contributed by atoms with Crippen LogP contribution in [0.4, 0.5) is 0 Å². The van der Waals surface area contributed by atoms with E-state index in [4.69, 9.17) is 16.3 Å². The van der Waals surface area contributed by atoms with Gasteiger partial charge in [-0.2, -0.15) is 0 Å². The smallest absolute Gasteiger partial charge is 0.259 e. The highest BCUT2D eigenvalue weighted by atomic mass is 35.5. The van der Waals surface area contributed by atoms with Crippen molar-refractivity contribution in [3.05, 3.63) is 33.7 Å². The summed E-state index contributed by atoms with van der Waals surface area (Å²) in [5.74, 6) is -0.00638. The van der Waals surface area contributed by atoms with Gasteiger partial charge in [0.15, 0.2) is 5.43 Å². The van der Waals surface area contributed by atoms with Gasteiger partial charge in [-0.1, -0.05) is 0 Å². The summed E-state index contributed by atoms with van der Waals surface area (Å²) in [6.45, 7) is 2.97. The second-order valence-corrected chi connectivity index (χ2v) is 4.25. The summed E-state index contributed by atoms with van der Waals surface area (Å²) in [4.78, 5) is 28.3. The quantitative estimate of drug-likeness (QED) is 0.786. The first-order valence-corrected chi connectivity index (χ1v) is 6.17. The maximum atomic E-state index is 12.2. The zero-order valence-corrected chi connectivity index (χ0v) is 11.3. The van der Waals surface area contributed by atoms with Crippen molar-refractivity contribution < 1.29 is 9.53 Å². The van der Waals surface area contributed by atoms with Gasteiger partial charge >= 0.3 is 0 Å².